The molecule has 0 radical (unpaired) electrons. The Bertz CT molecular complexity index is 735. The summed E-state index contributed by atoms with van der Waals surface area (Å²) in [6, 6.07) is 7.51. The lowest BCUT2D eigenvalue weighted by Crippen LogP contribution is -2.35. The Morgan fingerprint density at radius 3 is 2.75 bits per heavy atom. The fourth-order valence-corrected chi connectivity index (χ4v) is 3.57. The maximum Gasteiger partial charge on any atom is 0.254 e. The molecule has 1 aromatic heterocycles. The molecule has 6 heteroatoms. The largest absolute Gasteiger partial charge is 0.348 e. The van der Waals surface area contributed by atoms with Crippen LogP contribution in [0, 0.1) is 6.92 Å². The van der Waals surface area contributed by atoms with Gasteiger partial charge in [-0.05, 0) is 55.4 Å². The number of carbonyl (C=O) groups excluding carboxylic acids is 2. The average molecular weight is 343 g/mol. The summed E-state index contributed by atoms with van der Waals surface area (Å²) in [5.74, 6) is -0.0465. The number of carbonyl (C=O) groups is 2. The number of piperidine rings is 1. The lowest BCUT2D eigenvalue weighted by molar-refractivity contribution is 0.0724. The summed E-state index contributed by atoms with van der Waals surface area (Å²) in [5.41, 5.74) is 2.97. The van der Waals surface area contributed by atoms with Gasteiger partial charge in [0.15, 0.2) is 0 Å². The first-order valence-corrected chi connectivity index (χ1v) is 9.06. The minimum Gasteiger partial charge on any atom is -0.348 e. The molecule has 1 aromatic carbocycles. The molecule has 1 aliphatic rings. The quantitative estimate of drug-likeness (QED) is 0.928. The van der Waals surface area contributed by atoms with Crippen LogP contribution < -0.4 is 5.32 Å². The maximum atomic E-state index is 12.6. The number of amides is 2. The molecule has 3 rings (SSSR count). The van der Waals surface area contributed by atoms with E-state index in [1.165, 1.54) is 18.0 Å². The van der Waals surface area contributed by atoms with Crippen LogP contribution in [0.25, 0.3) is 0 Å². The van der Waals surface area contributed by atoms with Gasteiger partial charge in [0.25, 0.3) is 11.8 Å². The molecule has 2 amide bonds. The van der Waals surface area contributed by atoms with Crippen LogP contribution in [0.3, 0.4) is 0 Å². The molecule has 0 atom stereocenters. The van der Waals surface area contributed by atoms with E-state index in [9.17, 15) is 9.59 Å². The van der Waals surface area contributed by atoms with Gasteiger partial charge in [0, 0.05) is 30.6 Å². The fourth-order valence-electron chi connectivity index (χ4n) is 2.88. The van der Waals surface area contributed by atoms with Gasteiger partial charge in [-0.1, -0.05) is 12.1 Å². The van der Waals surface area contributed by atoms with Crippen molar-refractivity contribution in [1.29, 1.82) is 0 Å². The van der Waals surface area contributed by atoms with Crippen molar-refractivity contribution in [2.75, 3.05) is 13.1 Å². The SMILES string of the molecule is Cc1nscc1C(=O)NCc1cccc(C(=O)N2CCCCC2)c1. The molecule has 0 aliphatic carbocycles. The van der Waals surface area contributed by atoms with Gasteiger partial charge in [-0.2, -0.15) is 4.37 Å². The Morgan fingerprint density at radius 1 is 1.25 bits per heavy atom. The van der Waals surface area contributed by atoms with Crippen molar-refractivity contribution in [3.8, 4) is 0 Å². The summed E-state index contributed by atoms with van der Waals surface area (Å²) in [7, 11) is 0. The average Bonchev–Trinajstić information content (AvgIpc) is 3.06. The van der Waals surface area contributed by atoms with E-state index in [1.807, 2.05) is 36.1 Å². The second-order valence-corrected chi connectivity index (χ2v) is 6.68. The molecular weight excluding hydrogens is 322 g/mol. The Kier molecular flexibility index (Phi) is 5.25. The summed E-state index contributed by atoms with van der Waals surface area (Å²) < 4.78 is 4.11. The highest BCUT2D eigenvalue weighted by Gasteiger charge is 2.18. The lowest BCUT2D eigenvalue weighted by Gasteiger charge is -2.26. The summed E-state index contributed by atoms with van der Waals surface area (Å²) in [6.07, 6.45) is 3.36. The standard InChI is InChI=1S/C18H21N3O2S/c1-13-16(12-24-20-13)17(22)19-11-14-6-5-7-15(10-14)18(23)21-8-3-2-4-9-21/h5-7,10,12H,2-4,8-9,11H2,1H3,(H,19,22). The van der Waals surface area contributed by atoms with Crippen LogP contribution in [0.15, 0.2) is 29.6 Å². The van der Waals surface area contributed by atoms with Gasteiger partial charge in [0.05, 0.1) is 11.3 Å². The van der Waals surface area contributed by atoms with Crippen LogP contribution in [0.4, 0.5) is 0 Å². The number of benzene rings is 1. The molecule has 1 fully saturated rings. The van der Waals surface area contributed by atoms with Crippen LogP contribution in [-0.4, -0.2) is 34.2 Å². The van der Waals surface area contributed by atoms with E-state index in [1.54, 1.807) is 5.38 Å². The van der Waals surface area contributed by atoms with Crippen molar-refractivity contribution in [3.05, 3.63) is 52.0 Å². The number of aromatic nitrogens is 1. The van der Waals surface area contributed by atoms with Crippen molar-refractivity contribution >= 4 is 23.3 Å². The molecule has 5 nitrogen and oxygen atoms in total. The first kappa shape index (κ1) is 16.6. The van der Waals surface area contributed by atoms with Crippen molar-refractivity contribution in [3.63, 3.8) is 0 Å². The van der Waals surface area contributed by atoms with E-state index in [-0.39, 0.29) is 11.8 Å². The zero-order valence-electron chi connectivity index (χ0n) is 13.7. The van der Waals surface area contributed by atoms with Crippen LogP contribution in [0.2, 0.25) is 0 Å². The van der Waals surface area contributed by atoms with Gasteiger partial charge in [-0.25, -0.2) is 0 Å². The van der Waals surface area contributed by atoms with Crippen LogP contribution >= 0.6 is 11.5 Å². The van der Waals surface area contributed by atoms with Gasteiger partial charge >= 0.3 is 0 Å². The molecule has 1 N–H and O–H groups in total. The Hall–Kier alpha value is -2.21. The number of nitrogens with one attached hydrogen (secondary N) is 1. The number of rotatable bonds is 4. The van der Waals surface area contributed by atoms with Crippen molar-refractivity contribution < 1.29 is 9.59 Å². The third kappa shape index (κ3) is 3.82. The minimum absolute atomic E-state index is 0.0840. The van der Waals surface area contributed by atoms with Gasteiger partial charge in [0.1, 0.15) is 0 Å². The molecular formula is C18H21N3O2S. The number of likely N-dealkylation sites (tertiary alicyclic amines) is 1. The second-order valence-electron chi connectivity index (χ2n) is 6.05. The smallest absolute Gasteiger partial charge is 0.254 e. The first-order valence-electron chi connectivity index (χ1n) is 8.22. The highest BCUT2D eigenvalue weighted by molar-refractivity contribution is 7.03. The molecule has 2 heterocycles. The minimum atomic E-state index is -0.131. The van der Waals surface area contributed by atoms with Crippen molar-refractivity contribution in [2.24, 2.45) is 0 Å². The molecule has 0 saturated carbocycles. The lowest BCUT2D eigenvalue weighted by atomic mass is 10.1. The van der Waals surface area contributed by atoms with E-state index in [4.69, 9.17) is 0 Å². The van der Waals surface area contributed by atoms with Crippen LogP contribution in [0.1, 0.15) is 51.2 Å². The topological polar surface area (TPSA) is 62.3 Å². The summed E-state index contributed by atoms with van der Waals surface area (Å²) in [4.78, 5) is 26.6. The highest BCUT2D eigenvalue weighted by atomic mass is 32.1. The summed E-state index contributed by atoms with van der Waals surface area (Å²) in [6.45, 7) is 3.90. The summed E-state index contributed by atoms with van der Waals surface area (Å²) in [5, 5.41) is 4.64. The predicted molar refractivity (Wildman–Crippen MR) is 94.2 cm³/mol. The molecule has 24 heavy (non-hydrogen) atoms. The zero-order chi connectivity index (χ0) is 16.9. The zero-order valence-corrected chi connectivity index (χ0v) is 14.6. The first-order chi connectivity index (χ1) is 11.6. The van der Waals surface area contributed by atoms with E-state index < -0.39 is 0 Å². The molecule has 0 unspecified atom stereocenters. The monoisotopic (exact) mass is 343 g/mol. The van der Waals surface area contributed by atoms with Crippen LogP contribution in [-0.2, 0) is 6.54 Å². The Balaban J connectivity index is 1.64. The molecule has 1 aliphatic heterocycles. The molecule has 126 valence electrons. The van der Waals surface area contributed by atoms with Crippen molar-refractivity contribution in [2.45, 2.75) is 32.7 Å². The van der Waals surface area contributed by atoms with E-state index >= 15 is 0 Å². The number of nitrogens with zero attached hydrogens (tertiary/aromatic N) is 2. The highest BCUT2D eigenvalue weighted by Crippen LogP contribution is 2.15. The van der Waals surface area contributed by atoms with Gasteiger partial charge < -0.3 is 10.2 Å². The number of aryl methyl sites for hydroxylation is 1. The van der Waals surface area contributed by atoms with E-state index in [0.29, 0.717) is 17.7 Å². The normalized spacial score (nSPS) is 14.5. The Morgan fingerprint density at radius 2 is 2.04 bits per heavy atom. The fraction of sp³-hybridized carbons (Fsp3) is 0.389. The van der Waals surface area contributed by atoms with Gasteiger partial charge in [-0.3, -0.25) is 9.59 Å². The maximum absolute atomic E-state index is 12.6. The predicted octanol–water partition coefficient (Wildman–Crippen LogP) is 3.01. The number of hydrogen-bond acceptors (Lipinski definition) is 4. The molecule has 0 spiro atoms. The third-order valence-electron chi connectivity index (χ3n) is 4.26. The van der Waals surface area contributed by atoms with Gasteiger partial charge in [-0.15, -0.1) is 0 Å². The number of hydrogen-bond donors (Lipinski definition) is 1. The van der Waals surface area contributed by atoms with E-state index in [2.05, 4.69) is 9.69 Å². The summed E-state index contributed by atoms with van der Waals surface area (Å²) >= 11 is 1.28. The van der Waals surface area contributed by atoms with Gasteiger partial charge in [0.2, 0.25) is 0 Å². The molecule has 1 saturated heterocycles. The van der Waals surface area contributed by atoms with E-state index in [0.717, 1.165) is 37.2 Å². The molecule has 0 bridgehead atoms. The van der Waals surface area contributed by atoms with Crippen molar-refractivity contribution in [1.82, 2.24) is 14.6 Å². The molecule has 2 aromatic rings. The third-order valence-corrected chi connectivity index (χ3v) is 4.99. The second kappa shape index (κ2) is 7.57. The van der Waals surface area contributed by atoms with Crippen LogP contribution in [0.5, 0.6) is 0 Å². The Labute approximate surface area is 145 Å².